The van der Waals surface area contributed by atoms with E-state index in [0.29, 0.717) is 0 Å². The zero-order chi connectivity index (χ0) is 10.9. The van der Waals surface area contributed by atoms with Gasteiger partial charge in [-0.15, -0.1) is 0 Å². The van der Waals surface area contributed by atoms with Crippen molar-refractivity contribution < 1.29 is 18.9 Å². The minimum Gasteiger partial charge on any atom is -0.357 e. The minimum absolute atomic E-state index is 0. The first-order valence-corrected chi connectivity index (χ1v) is 10.9. The second-order valence-corrected chi connectivity index (χ2v) is 14.8. The molecule has 0 saturated carbocycles. The fourth-order valence-corrected chi connectivity index (χ4v) is 10.1. The van der Waals surface area contributed by atoms with Crippen molar-refractivity contribution in [3.8, 4) is 0 Å². The van der Waals surface area contributed by atoms with Gasteiger partial charge in [0, 0.05) is 0 Å². The van der Waals surface area contributed by atoms with Crippen molar-refractivity contribution in [2.24, 2.45) is 0 Å². The van der Waals surface area contributed by atoms with E-state index >= 15 is 0 Å². The van der Waals surface area contributed by atoms with Crippen molar-refractivity contribution in [2.75, 3.05) is 28.2 Å². The van der Waals surface area contributed by atoms with Crippen molar-refractivity contribution in [3.63, 3.8) is 0 Å². The molecule has 0 rings (SSSR count). The first kappa shape index (κ1) is 17.3. The van der Waals surface area contributed by atoms with Gasteiger partial charge in [-0.3, -0.25) is 5.67 Å². The third kappa shape index (κ3) is 5.15. The van der Waals surface area contributed by atoms with Crippen LogP contribution in [-0.2, 0) is 0 Å². The van der Waals surface area contributed by atoms with Gasteiger partial charge in [-0.2, -0.15) is 0 Å². The van der Waals surface area contributed by atoms with Crippen LogP contribution in [0, 0.1) is 5.67 Å². The van der Waals surface area contributed by atoms with Crippen molar-refractivity contribution in [3.05, 3.63) is 5.67 Å². The smallest absolute Gasteiger partial charge is 0.357 e. The normalized spacial score (nSPS) is 13.3. The maximum absolute atomic E-state index is 2.65. The standard InChI is InChI=1S/C9H25N2Si2.Li/c1-10(2)12(5,6)9-13(7,8)11(3)4;/h9H,1-8H3;/q-1;+1. The summed E-state index contributed by atoms with van der Waals surface area (Å²) in [5.74, 6) is 0. The van der Waals surface area contributed by atoms with Crippen LogP contribution in [-0.4, -0.2) is 53.8 Å². The van der Waals surface area contributed by atoms with Crippen LogP contribution in [0.5, 0.6) is 0 Å². The summed E-state index contributed by atoms with van der Waals surface area (Å²) in [5.41, 5.74) is 2.65. The maximum Gasteiger partial charge on any atom is 1.00 e. The Morgan fingerprint density at radius 1 is 0.714 bits per heavy atom. The summed E-state index contributed by atoms with van der Waals surface area (Å²) in [5, 5.41) is 0. The second-order valence-electron chi connectivity index (χ2n) is 5.24. The zero-order valence-electron chi connectivity index (χ0n) is 11.5. The molecule has 0 atom stereocenters. The minimum atomic E-state index is -1.25. The Balaban J connectivity index is 0. The second kappa shape index (κ2) is 5.88. The monoisotopic (exact) mass is 224 g/mol. The van der Waals surface area contributed by atoms with E-state index in [0.717, 1.165) is 0 Å². The molecule has 0 N–H and O–H groups in total. The predicted octanol–water partition coefficient (Wildman–Crippen LogP) is -1.19. The van der Waals surface area contributed by atoms with E-state index in [4.69, 9.17) is 0 Å². The summed E-state index contributed by atoms with van der Waals surface area (Å²) >= 11 is 0. The third-order valence-corrected chi connectivity index (χ3v) is 13.3. The SMILES string of the molecule is CN(C)[Si](C)(C)[CH-][Si](C)(C)N(C)C.[Li+]. The summed E-state index contributed by atoms with van der Waals surface area (Å²) in [7, 11) is 6.29. The number of hydrogen-bond donors (Lipinski definition) is 0. The fraction of sp³-hybridized carbons (Fsp3) is 0.889. The van der Waals surface area contributed by atoms with Gasteiger partial charge in [-0.25, -0.2) is 0 Å². The van der Waals surface area contributed by atoms with Crippen LogP contribution in [0.2, 0.25) is 26.2 Å². The molecule has 0 saturated heterocycles. The molecule has 14 heavy (non-hydrogen) atoms. The average molecular weight is 224 g/mol. The Morgan fingerprint density at radius 3 is 1.07 bits per heavy atom. The molecule has 2 nitrogen and oxygen atoms in total. The zero-order valence-corrected chi connectivity index (χ0v) is 13.5. The molecular formula is C9H25LiN2Si2. The molecular weight excluding hydrogens is 199 g/mol. The number of hydrogen-bond acceptors (Lipinski definition) is 2. The Labute approximate surface area is 104 Å². The van der Waals surface area contributed by atoms with Crippen molar-refractivity contribution >= 4 is 16.5 Å². The van der Waals surface area contributed by atoms with E-state index in [9.17, 15) is 0 Å². The Hall–Kier alpha value is 0.951. The van der Waals surface area contributed by atoms with E-state index in [-0.39, 0.29) is 18.9 Å². The summed E-state index contributed by atoms with van der Waals surface area (Å²) in [6.45, 7) is 9.63. The summed E-state index contributed by atoms with van der Waals surface area (Å²) in [4.78, 5) is 0. The maximum atomic E-state index is 2.65. The molecule has 0 aliphatic carbocycles. The number of nitrogens with zero attached hydrogens (tertiary/aromatic N) is 2. The van der Waals surface area contributed by atoms with Crippen molar-refractivity contribution in [2.45, 2.75) is 26.2 Å². The number of rotatable bonds is 4. The van der Waals surface area contributed by atoms with Gasteiger partial charge < -0.3 is 9.13 Å². The molecule has 0 spiro atoms. The molecule has 5 heteroatoms. The van der Waals surface area contributed by atoms with E-state index in [2.05, 4.69) is 69.2 Å². The van der Waals surface area contributed by atoms with Crippen LogP contribution in [0.4, 0.5) is 0 Å². The molecule has 0 aliphatic rings. The van der Waals surface area contributed by atoms with E-state index < -0.39 is 16.5 Å². The molecule has 0 aromatic carbocycles. The Morgan fingerprint density at radius 2 is 0.929 bits per heavy atom. The third-order valence-electron chi connectivity index (χ3n) is 3.01. The van der Waals surface area contributed by atoms with Crippen LogP contribution < -0.4 is 18.9 Å². The van der Waals surface area contributed by atoms with E-state index in [1.54, 1.807) is 0 Å². The van der Waals surface area contributed by atoms with Crippen LogP contribution >= 0.6 is 0 Å². The van der Waals surface area contributed by atoms with Crippen LogP contribution in [0.3, 0.4) is 0 Å². The molecule has 0 aromatic rings. The molecule has 0 unspecified atom stereocenters. The Bertz CT molecular complexity index is 152. The largest absolute Gasteiger partial charge is 1.00 e. The van der Waals surface area contributed by atoms with Crippen molar-refractivity contribution in [1.82, 2.24) is 9.13 Å². The van der Waals surface area contributed by atoms with Crippen LogP contribution in [0.1, 0.15) is 0 Å². The van der Waals surface area contributed by atoms with Gasteiger partial charge in [0.05, 0.1) is 0 Å². The van der Waals surface area contributed by atoms with Gasteiger partial charge in [0.1, 0.15) is 0 Å². The predicted molar refractivity (Wildman–Crippen MR) is 66.6 cm³/mol. The molecule has 0 amide bonds. The average Bonchev–Trinajstić information content (AvgIpc) is 1.83. The summed E-state index contributed by atoms with van der Waals surface area (Å²) in [6.07, 6.45) is 0. The fourth-order valence-electron chi connectivity index (χ4n) is 1.12. The van der Waals surface area contributed by atoms with Gasteiger partial charge in [-0.1, -0.05) is 26.2 Å². The topological polar surface area (TPSA) is 6.48 Å². The van der Waals surface area contributed by atoms with Crippen LogP contribution in [0.15, 0.2) is 0 Å². The summed E-state index contributed by atoms with van der Waals surface area (Å²) < 4.78 is 4.82. The van der Waals surface area contributed by atoms with E-state index in [1.807, 2.05) is 0 Å². The molecule has 0 fully saturated rings. The molecule has 0 aliphatic heterocycles. The quantitative estimate of drug-likeness (QED) is 0.438. The van der Waals surface area contributed by atoms with Gasteiger partial charge in [0.25, 0.3) is 0 Å². The van der Waals surface area contributed by atoms with Crippen molar-refractivity contribution in [1.29, 1.82) is 0 Å². The van der Waals surface area contributed by atoms with Gasteiger partial charge in [0.2, 0.25) is 0 Å². The molecule has 0 radical (unpaired) electrons. The first-order chi connectivity index (χ1) is 5.59. The van der Waals surface area contributed by atoms with E-state index in [1.165, 1.54) is 0 Å². The summed E-state index contributed by atoms with van der Waals surface area (Å²) in [6, 6.07) is 0. The van der Waals surface area contributed by atoms with Gasteiger partial charge >= 0.3 is 18.9 Å². The molecule has 0 heterocycles. The molecule has 0 aromatic heterocycles. The first-order valence-electron chi connectivity index (χ1n) is 4.81. The van der Waals surface area contributed by atoms with Crippen LogP contribution in [0.25, 0.3) is 0 Å². The molecule has 0 bridgehead atoms. The van der Waals surface area contributed by atoms with Gasteiger partial charge in [-0.05, 0) is 44.7 Å². The van der Waals surface area contributed by atoms with Gasteiger partial charge in [0.15, 0.2) is 0 Å². The molecule has 80 valence electrons. The Kier molecular flexibility index (Phi) is 7.29.